The van der Waals surface area contributed by atoms with E-state index in [0.717, 1.165) is 0 Å². The lowest BCUT2D eigenvalue weighted by Gasteiger charge is -2.34. The summed E-state index contributed by atoms with van der Waals surface area (Å²) in [5.74, 6) is 0.732. The molecule has 2 aromatic carbocycles. The largest absolute Gasteiger partial charge is 0.497 e. The Bertz CT molecular complexity index is 942. The van der Waals surface area contributed by atoms with Gasteiger partial charge in [-0.25, -0.2) is 4.79 Å². The minimum atomic E-state index is -0.743. The van der Waals surface area contributed by atoms with Crippen molar-refractivity contribution < 1.29 is 23.8 Å². The van der Waals surface area contributed by atoms with Crippen molar-refractivity contribution in [1.29, 1.82) is 0 Å². The third-order valence-corrected chi connectivity index (χ3v) is 4.76. The van der Waals surface area contributed by atoms with E-state index >= 15 is 0 Å². The molecular formula is C22H25N3O5. The Hall–Kier alpha value is -3.68. The minimum Gasteiger partial charge on any atom is -0.497 e. The van der Waals surface area contributed by atoms with Gasteiger partial charge in [-0.3, -0.25) is 4.79 Å². The van der Waals surface area contributed by atoms with E-state index < -0.39 is 18.0 Å². The fourth-order valence-corrected chi connectivity index (χ4v) is 3.32. The monoisotopic (exact) mass is 411 g/mol. The van der Waals surface area contributed by atoms with Gasteiger partial charge < -0.3 is 30.2 Å². The average Bonchev–Trinajstić information content (AvgIpc) is 2.74. The molecule has 3 amide bonds. The number of hydrogen-bond acceptors (Lipinski definition) is 5. The highest BCUT2D eigenvalue weighted by atomic mass is 16.5. The van der Waals surface area contributed by atoms with Gasteiger partial charge >= 0.3 is 6.03 Å². The van der Waals surface area contributed by atoms with Crippen LogP contribution in [0.2, 0.25) is 0 Å². The van der Waals surface area contributed by atoms with Crippen molar-refractivity contribution in [2.75, 3.05) is 26.1 Å². The summed E-state index contributed by atoms with van der Waals surface area (Å²) in [7, 11) is 3.11. The van der Waals surface area contributed by atoms with Crippen molar-refractivity contribution in [3.05, 3.63) is 60.3 Å². The van der Waals surface area contributed by atoms with Gasteiger partial charge in [0.1, 0.15) is 11.7 Å². The first-order valence-electron chi connectivity index (χ1n) is 9.48. The van der Waals surface area contributed by atoms with Crippen molar-refractivity contribution >= 4 is 17.6 Å². The summed E-state index contributed by atoms with van der Waals surface area (Å²) in [6, 6.07) is 11.2. The van der Waals surface area contributed by atoms with E-state index in [1.165, 1.54) is 7.11 Å². The van der Waals surface area contributed by atoms with E-state index in [1.54, 1.807) is 49.6 Å². The fraction of sp³-hybridized carbons (Fsp3) is 0.273. The molecule has 1 heterocycles. The lowest BCUT2D eigenvalue weighted by atomic mass is 9.88. The Kier molecular flexibility index (Phi) is 6.46. The van der Waals surface area contributed by atoms with Crippen LogP contribution in [0.25, 0.3) is 0 Å². The molecule has 1 saturated heterocycles. The van der Waals surface area contributed by atoms with E-state index in [0.29, 0.717) is 40.8 Å². The molecule has 0 bridgehead atoms. The van der Waals surface area contributed by atoms with E-state index in [-0.39, 0.29) is 5.91 Å². The van der Waals surface area contributed by atoms with Gasteiger partial charge in [0.25, 0.3) is 0 Å². The third kappa shape index (κ3) is 4.48. The molecule has 30 heavy (non-hydrogen) atoms. The molecule has 0 radical (unpaired) electrons. The average molecular weight is 411 g/mol. The van der Waals surface area contributed by atoms with Crippen LogP contribution in [-0.2, 0) is 4.79 Å². The van der Waals surface area contributed by atoms with E-state index in [4.69, 9.17) is 14.2 Å². The number of carbonyl (C=O) groups is 2. The van der Waals surface area contributed by atoms with Crippen LogP contribution < -0.4 is 30.2 Å². The minimum absolute atomic E-state index is 0.308. The van der Waals surface area contributed by atoms with Crippen molar-refractivity contribution in [3.63, 3.8) is 0 Å². The summed E-state index contributed by atoms with van der Waals surface area (Å²) >= 11 is 0. The van der Waals surface area contributed by atoms with Crippen LogP contribution in [0.15, 0.2) is 54.7 Å². The summed E-state index contributed by atoms with van der Waals surface area (Å²) in [5.41, 5.74) is 1.61. The maximum atomic E-state index is 13.1. The van der Waals surface area contributed by atoms with Crippen molar-refractivity contribution in [2.24, 2.45) is 5.92 Å². The highest BCUT2D eigenvalue weighted by molar-refractivity contribution is 5.97. The molecule has 0 aliphatic carbocycles. The number of carbonyl (C=O) groups excluding carboxylic acids is 2. The highest BCUT2D eigenvalue weighted by Crippen LogP contribution is 2.36. The van der Waals surface area contributed by atoms with Gasteiger partial charge in [0.15, 0.2) is 11.5 Å². The first-order chi connectivity index (χ1) is 14.5. The van der Waals surface area contributed by atoms with Gasteiger partial charge in [-0.2, -0.15) is 0 Å². The van der Waals surface area contributed by atoms with Crippen LogP contribution in [0, 0.1) is 5.92 Å². The Balaban J connectivity index is 1.89. The second-order valence-electron chi connectivity index (χ2n) is 6.64. The molecule has 0 saturated carbocycles. The van der Waals surface area contributed by atoms with Crippen LogP contribution in [-0.4, -0.2) is 32.8 Å². The number of amides is 3. The number of hydrogen-bond donors (Lipinski definition) is 3. The maximum absolute atomic E-state index is 13.1. The van der Waals surface area contributed by atoms with Gasteiger partial charge in [0.2, 0.25) is 5.91 Å². The van der Waals surface area contributed by atoms with Crippen LogP contribution in [0.4, 0.5) is 10.5 Å². The molecule has 8 heteroatoms. The lowest BCUT2D eigenvalue weighted by molar-refractivity contribution is -0.119. The SMILES string of the molecule is C=C1NC(=O)N[C@@H](c2ccc(OCC)c(OC)c2)[C@@H]1C(=O)Nc1ccc(OC)cc1. The Morgan fingerprint density at radius 1 is 1.10 bits per heavy atom. The molecule has 2 aromatic rings. The number of ether oxygens (including phenoxy) is 3. The zero-order chi connectivity index (χ0) is 21.7. The number of rotatable bonds is 7. The van der Waals surface area contributed by atoms with Crippen molar-refractivity contribution in [3.8, 4) is 17.2 Å². The normalized spacial score (nSPS) is 18.1. The Morgan fingerprint density at radius 3 is 2.47 bits per heavy atom. The van der Waals surface area contributed by atoms with Crippen molar-refractivity contribution in [2.45, 2.75) is 13.0 Å². The van der Waals surface area contributed by atoms with Crippen LogP contribution in [0.5, 0.6) is 17.2 Å². The summed E-state index contributed by atoms with van der Waals surface area (Å²) < 4.78 is 16.1. The maximum Gasteiger partial charge on any atom is 0.319 e. The summed E-state index contributed by atoms with van der Waals surface area (Å²) in [6.07, 6.45) is 0. The topological polar surface area (TPSA) is 97.9 Å². The van der Waals surface area contributed by atoms with Crippen molar-refractivity contribution in [1.82, 2.24) is 10.6 Å². The van der Waals surface area contributed by atoms with E-state index in [1.807, 2.05) is 6.92 Å². The van der Waals surface area contributed by atoms with Crippen LogP contribution >= 0.6 is 0 Å². The molecule has 0 aromatic heterocycles. The quantitative estimate of drug-likeness (QED) is 0.650. The molecule has 0 unspecified atom stereocenters. The van der Waals surface area contributed by atoms with Gasteiger partial charge in [-0.15, -0.1) is 0 Å². The lowest BCUT2D eigenvalue weighted by Crippen LogP contribution is -2.51. The molecule has 1 aliphatic rings. The number of nitrogens with one attached hydrogen (secondary N) is 3. The van der Waals surface area contributed by atoms with E-state index in [2.05, 4.69) is 22.5 Å². The van der Waals surface area contributed by atoms with Gasteiger partial charge in [-0.1, -0.05) is 12.6 Å². The molecule has 158 valence electrons. The Morgan fingerprint density at radius 2 is 1.83 bits per heavy atom. The first kappa shape index (κ1) is 21.0. The van der Waals surface area contributed by atoms with Crippen LogP contribution in [0.1, 0.15) is 18.5 Å². The second kappa shape index (κ2) is 9.21. The molecule has 0 spiro atoms. The molecule has 1 aliphatic heterocycles. The van der Waals surface area contributed by atoms with Gasteiger partial charge in [0.05, 0.1) is 26.9 Å². The molecule has 1 fully saturated rings. The number of urea groups is 1. The fourth-order valence-electron chi connectivity index (χ4n) is 3.32. The predicted molar refractivity (Wildman–Crippen MR) is 113 cm³/mol. The summed E-state index contributed by atoms with van der Waals surface area (Å²) in [4.78, 5) is 25.2. The van der Waals surface area contributed by atoms with Crippen LogP contribution in [0.3, 0.4) is 0 Å². The van der Waals surface area contributed by atoms with Gasteiger partial charge in [-0.05, 0) is 48.9 Å². The first-order valence-corrected chi connectivity index (χ1v) is 9.48. The highest BCUT2D eigenvalue weighted by Gasteiger charge is 2.38. The zero-order valence-electron chi connectivity index (χ0n) is 17.2. The molecule has 2 atom stereocenters. The molecular weight excluding hydrogens is 386 g/mol. The zero-order valence-corrected chi connectivity index (χ0v) is 17.2. The summed E-state index contributed by atoms with van der Waals surface area (Å²) in [5, 5.41) is 8.27. The van der Waals surface area contributed by atoms with E-state index in [9.17, 15) is 9.59 Å². The smallest absolute Gasteiger partial charge is 0.319 e. The number of anilines is 1. The molecule has 3 N–H and O–H groups in total. The standard InChI is InChI=1S/C22H25N3O5/c1-5-30-17-11-6-14(12-18(17)29-4)20-19(13(2)23-22(27)25-20)21(26)24-15-7-9-16(28-3)10-8-15/h6-12,19-20H,2,5H2,1,3-4H3,(H,24,26)(H2,23,25,27)/t19-,20+/m1/s1. The Labute approximate surface area is 175 Å². The number of benzene rings is 2. The molecule has 8 nitrogen and oxygen atoms in total. The predicted octanol–water partition coefficient (Wildman–Crippen LogP) is 3.23. The molecule has 3 rings (SSSR count). The summed E-state index contributed by atoms with van der Waals surface area (Å²) in [6.45, 7) is 6.26. The second-order valence-corrected chi connectivity index (χ2v) is 6.64. The third-order valence-electron chi connectivity index (χ3n) is 4.76. The number of methoxy groups -OCH3 is 2. The van der Waals surface area contributed by atoms with Gasteiger partial charge in [0, 0.05) is 11.4 Å².